The first kappa shape index (κ1) is 14.5. The first-order valence-corrected chi connectivity index (χ1v) is 6.70. The van der Waals surface area contributed by atoms with Crippen molar-refractivity contribution in [2.45, 2.75) is 0 Å². The summed E-state index contributed by atoms with van der Waals surface area (Å²) in [5, 5.41) is 0.176. The zero-order chi connectivity index (χ0) is 15.9. The fourth-order valence-electron chi connectivity index (χ4n) is 2.18. The molecule has 3 aromatic rings. The number of halogens is 2. The van der Waals surface area contributed by atoms with Gasteiger partial charge in [0.15, 0.2) is 28.6 Å². The van der Waals surface area contributed by atoms with Gasteiger partial charge in [0.05, 0.1) is 31.1 Å². The second-order valence-electron chi connectivity index (χ2n) is 4.53. The van der Waals surface area contributed by atoms with E-state index >= 15 is 0 Å². The van der Waals surface area contributed by atoms with Crippen LogP contribution in [-0.2, 0) is 7.05 Å². The smallest absolute Gasteiger partial charge is 0.243 e. The van der Waals surface area contributed by atoms with E-state index in [0.29, 0.717) is 17.0 Å². The van der Waals surface area contributed by atoms with Gasteiger partial charge in [0.1, 0.15) is 0 Å². The van der Waals surface area contributed by atoms with Crippen molar-refractivity contribution in [1.29, 1.82) is 0 Å². The van der Waals surface area contributed by atoms with Gasteiger partial charge in [0, 0.05) is 7.05 Å². The average Bonchev–Trinajstić information content (AvgIpc) is 2.88. The Balaban J connectivity index is 2.27. The molecule has 2 heterocycles. The van der Waals surface area contributed by atoms with E-state index in [1.807, 2.05) is 0 Å². The molecule has 6 nitrogen and oxygen atoms in total. The van der Waals surface area contributed by atoms with Gasteiger partial charge in [-0.05, 0) is 12.1 Å². The SMILES string of the molecule is COc1c(Cl)ccc(-c2nc(OC)c3c(ncn3C)n2)c1F. The number of methoxy groups -OCH3 is 2. The van der Waals surface area contributed by atoms with Crippen molar-refractivity contribution in [1.82, 2.24) is 19.5 Å². The van der Waals surface area contributed by atoms with Crippen LogP contribution >= 0.6 is 11.6 Å². The molecule has 0 radical (unpaired) electrons. The van der Waals surface area contributed by atoms with Gasteiger partial charge < -0.3 is 14.0 Å². The van der Waals surface area contributed by atoms with E-state index in [0.717, 1.165) is 0 Å². The quantitative estimate of drug-likeness (QED) is 0.742. The first-order valence-electron chi connectivity index (χ1n) is 6.32. The lowest BCUT2D eigenvalue weighted by molar-refractivity contribution is 0.387. The third kappa shape index (κ3) is 2.14. The number of rotatable bonds is 3. The molecular weight excluding hydrogens is 311 g/mol. The maximum Gasteiger partial charge on any atom is 0.243 e. The highest BCUT2D eigenvalue weighted by atomic mass is 35.5. The molecule has 1 aromatic carbocycles. The van der Waals surface area contributed by atoms with Crippen molar-refractivity contribution >= 4 is 22.8 Å². The largest absolute Gasteiger partial charge is 0.492 e. The molecule has 0 bridgehead atoms. The Bertz CT molecular complexity index is 866. The van der Waals surface area contributed by atoms with Crippen molar-refractivity contribution in [3.05, 3.63) is 29.3 Å². The number of imidazole rings is 1. The Hall–Kier alpha value is -2.41. The molecule has 0 unspecified atom stereocenters. The summed E-state index contributed by atoms with van der Waals surface area (Å²) in [4.78, 5) is 12.7. The fraction of sp³-hybridized carbons (Fsp3) is 0.214. The summed E-state index contributed by atoms with van der Waals surface area (Å²) < 4.78 is 26.5. The Labute approximate surface area is 130 Å². The summed E-state index contributed by atoms with van der Waals surface area (Å²) in [6.45, 7) is 0. The maximum absolute atomic E-state index is 14.5. The molecular formula is C14H12ClFN4O2. The van der Waals surface area contributed by atoms with Crippen LogP contribution in [0.4, 0.5) is 4.39 Å². The summed E-state index contributed by atoms with van der Waals surface area (Å²) in [7, 11) is 4.63. The van der Waals surface area contributed by atoms with Crippen LogP contribution < -0.4 is 9.47 Å². The van der Waals surface area contributed by atoms with Gasteiger partial charge in [-0.2, -0.15) is 4.98 Å². The third-order valence-electron chi connectivity index (χ3n) is 3.23. The van der Waals surface area contributed by atoms with Crippen LogP contribution in [0.3, 0.4) is 0 Å². The normalized spacial score (nSPS) is 11.0. The van der Waals surface area contributed by atoms with Gasteiger partial charge >= 0.3 is 0 Å². The number of nitrogens with zero attached hydrogens (tertiary/aromatic N) is 4. The standard InChI is InChI=1S/C14H12ClFN4O2/c1-20-6-17-13-10(20)14(22-3)19-12(18-13)7-4-5-8(15)11(21-2)9(7)16/h4-6H,1-3H3. The van der Waals surface area contributed by atoms with Gasteiger partial charge in [-0.3, -0.25) is 0 Å². The fourth-order valence-corrected chi connectivity index (χ4v) is 2.40. The highest BCUT2D eigenvalue weighted by Gasteiger charge is 2.19. The summed E-state index contributed by atoms with van der Waals surface area (Å²) >= 11 is 5.90. The van der Waals surface area contributed by atoms with E-state index in [-0.39, 0.29) is 22.2 Å². The topological polar surface area (TPSA) is 62.1 Å². The second kappa shape index (κ2) is 5.42. The third-order valence-corrected chi connectivity index (χ3v) is 3.52. The van der Waals surface area contributed by atoms with Crippen LogP contribution in [0.2, 0.25) is 5.02 Å². The van der Waals surface area contributed by atoms with Crippen LogP contribution in [0.25, 0.3) is 22.6 Å². The minimum atomic E-state index is -0.632. The van der Waals surface area contributed by atoms with Gasteiger partial charge in [0.25, 0.3) is 0 Å². The first-order chi connectivity index (χ1) is 10.6. The lowest BCUT2D eigenvalue weighted by Crippen LogP contribution is -2.00. The number of fused-ring (bicyclic) bond motifs is 1. The highest BCUT2D eigenvalue weighted by Crippen LogP contribution is 2.35. The zero-order valence-electron chi connectivity index (χ0n) is 12.1. The maximum atomic E-state index is 14.5. The lowest BCUT2D eigenvalue weighted by atomic mass is 10.2. The molecule has 2 aromatic heterocycles. The molecule has 8 heteroatoms. The Morgan fingerprint density at radius 2 is 1.95 bits per heavy atom. The number of hydrogen-bond donors (Lipinski definition) is 0. The number of aromatic nitrogens is 4. The lowest BCUT2D eigenvalue weighted by Gasteiger charge is -2.09. The van der Waals surface area contributed by atoms with Crippen molar-refractivity contribution < 1.29 is 13.9 Å². The van der Waals surface area contributed by atoms with Crippen LogP contribution in [0.1, 0.15) is 0 Å². The molecule has 0 spiro atoms. The minimum Gasteiger partial charge on any atom is -0.492 e. The molecule has 3 rings (SSSR count). The van der Waals surface area contributed by atoms with Crippen molar-refractivity contribution in [3.8, 4) is 23.0 Å². The highest BCUT2D eigenvalue weighted by molar-refractivity contribution is 6.32. The Kier molecular flexibility index (Phi) is 3.58. The van der Waals surface area contributed by atoms with E-state index in [2.05, 4.69) is 15.0 Å². The second-order valence-corrected chi connectivity index (χ2v) is 4.93. The summed E-state index contributed by atoms with van der Waals surface area (Å²) in [5.41, 5.74) is 1.21. The Morgan fingerprint density at radius 3 is 2.64 bits per heavy atom. The molecule has 0 atom stereocenters. The van der Waals surface area contributed by atoms with E-state index in [4.69, 9.17) is 21.1 Å². The number of hydrogen-bond acceptors (Lipinski definition) is 5. The van der Waals surface area contributed by atoms with Crippen molar-refractivity contribution in [2.24, 2.45) is 7.05 Å². The summed E-state index contributed by atoms with van der Waals surface area (Å²) in [5.74, 6) is -0.223. The molecule has 0 saturated carbocycles. The van der Waals surface area contributed by atoms with Crippen LogP contribution in [-0.4, -0.2) is 33.7 Å². The number of benzene rings is 1. The molecule has 0 N–H and O–H groups in total. The van der Waals surface area contributed by atoms with E-state index < -0.39 is 5.82 Å². The predicted octanol–water partition coefficient (Wildman–Crippen LogP) is 2.84. The molecule has 114 valence electrons. The molecule has 0 saturated heterocycles. The zero-order valence-corrected chi connectivity index (χ0v) is 12.8. The van der Waals surface area contributed by atoms with E-state index in [1.54, 1.807) is 17.9 Å². The number of aryl methyl sites for hydroxylation is 1. The molecule has 0 fully saturated rings. The minimum absolute atomic E-state index is 0.0529. The number of ether oxygens (including phenoxy) is 2. The predicted molar refractivity (Wildman–Crippen MR) is 79.8 cm³/mol. The summed E-state index contributed by atoms with van der Waals surface area (Å²) in [6, 6.07) is 3.01. The van der Waals surface area contributed by atoms with Gasteiger partial charge in [-0.25, -0.2) is 14.4 Å². The van der Waals surface area contributed by atoms with Crippen molar-refractivity contribution in [2.75, 3.05) is 14.2 Å². The average molecular weight is 323 g/mol. The summed E-state index contributed by atoms with van der Waals surface area (Å²) in [6.07, 6.45) is 1.59. The molecule has 0 aliphatic rings. The molecule has 0 aliphatic carbocycles. The van der Waals surface area contributed by atoms with Gasteiger partial charge in [0.2, 0.25) is 5.88 Å². The van der Waals surface area contributed by atoms with Crippen LogP contribution in [0, 0.1) is 5.82 Å². The molecule has 0 aliphatic heterocycles. The molecule has 0 amide bonds. The van der Waals surface area contributed by atoms with Crippen LogP contribution in [0.5, 0.6) is 11.6 Å². The Morgan fingerprint density at radius 1 is 1.18 bits per heavy atom. The monoisotopic (exact) mass is 322 g/mol. The van der Waals surface area contributed by atoms with Gasteiger partial charge in [-0.1, -0.05) is 11.6 Å². The van der Waals surface area contributed by atoms with E-state index in [9.17, 15) is 4.39 Å². The van der Waals surface area contributed by atoms with Gasteiger partial charge in [-0.15, -0.1) is 0 Å². The van der Waals surface area contributed by atoms with E-state index in [1.165, 1.54) is 26.4 Å². The van der Waals surface area contributed by atoms with Crippen LogP contribution in [0.15, 0.2) is 18.5 Å². The van der Waals surface area contributed by atoms with Crippen molar-refractivity contribution in [3.63, 3.8) is 0 Å². The molecule has 22 heavy (non-hydrogen) atoms.